The summed E-state index contributed by atoms with van der Waals surface area (Å²) in [7, 11) is 0. The Morgan fingerprint density at radius 1 is 1.29 bits per heavy atom. The van der Waals surface area contributed by atoms with Gasteiger partial charge >= 0.3 is 5.97 Å². The fourth-order valence-corrected chi connectivity index (χ4v) is 2.02. The molecule has 1 fully saturated rings. The van der Waals surface area contributed by atoms with Crippen LogP contribution in [0.3, 0.4) is 0 Å². The van der Waals surface area contributed by atoms with Crippen molar-refractivity contribution < 1.29 is 9.53 Å². The van der Waals surface area contributed by atoms with Crippen molar-refractivity contribution in [3.8, 4) is 6.07 Å². The average molecular weight is 235 g/mol. The molecule has 0 bridgehead atoms. The van der Waals surface area contributed by atoms with E-state index in [2.05, 4.69) is 0 Å². The van der Waals surface area contributed by atoms with Gasteiger partial charge in [-0.05, 0) is 39.5 Å². The van der Waals surface area contributed by atoms with Gasteiger partial charge in [0.25, 0.3) is 0 Å². The number of carbonyl (C=O) groups is 1. The molecule has 1 saturated carbocycles. The first kappa shape index (κ1) is 13.8. The third kappa shape index (κ3) is 5.04. The fourth-order valence-electron chi connectivity index (χ4n) is 2.02. The molecular weight excluding hydrogens is 214 g/mol. The maximum Gasteiger partial charge on any atom is 0.349 e. The minimum Gasteiger partial charge on any atom is -0.456 e. The maximum absolute atomic E-state index is 11.8. The zero-order chi connectivity index (χ0) is 12.9. The second-order valence-electron chi connectivity index (χ2n) is 5.59. The normalized spacial score (nSPS) is 18.6. The number of allylic oxidation sites excluding steroid dienone is 1. The van der Waals surface area contributed by atoms with Crippen LogP contribution in [0, 0.1) is 17.2 Å². The minimum atomic E-state index is -0.542. The van der Waals surface area contributed by atoms with Crippen molar-refractivity contribution in [1.29, 1.82) is 5.26 Å². The molecule has 0 N–H and O–H groups in total. The predicted octanol–water partition coefficient (Wildman–Crippen LogP) is 3.36. The lowest BCUT2D eigenvalue weighted by atomic mass is 9.88. The Bertz CT molecular complexity index is 338. The molecule has 0 heterocycles. The molecule has 0 spiro atoms. The van der Waals surface area contributed by atoms with E-state index in [1.165, 1.54) is 19.3 Å². The van der Waals surface area contributed by atoms with E-state index >= 15 is 0 Å². The van der Waals surface area contributed by atoms with Crippen molar-refractivity contribution in [3.63, 3.8) is 0 Å². The van der Waals surface area contributed by atoms with Gasteiger partial charge in [-0.15, -0.1) is 0 Å². The number of hydrogen-bond donors (Lipinski definition) is 0. The van der Waals surface area contributed by atoms with Gasteiger partial charge in [0, 0.05) is 0 Å². The molecule has 1 aliphatic rings. The predicted molar refractivity (Wildman–Crippen MR) is 66.1 cm³/mol. The van der Waals surface area contributed by atoms with Crippen LogP contribution in [0.5, 0.6) is 0 Å². The number of esters is 1. The number of ether oxygens (including phenoxy) is 1. The summed E-state index contributed by atoms with van der Waals surface area (Å²) in [5.41, 5.74) is -0.383. The Morgan fingerprint density at radius 2 is 1.88 bits per heavy atom. The van der Waals surface area contributed by atoms with Gasteiger partial charge in [0.15, 0.2) is 0 Å². The van der Waals surface area contributed by atoms with E-state index in [1.54, 1.807) is 26.8 Å². The Kier molecular flexibility index (Phi) is 4.74. The van der Waals surface area contributed by atoms with Crippen LogP contribution >= 0.6 is 0 Å². The van der Waals surface area contributed by atoms with Gasteiger partial charge < -0.3 is 4.74 Å². The summed E-state index contributed by atoms with van der Waals surface area (Å²) in [6.45, 7) is 5.42. The van der Waals surface area contributed by atoms with Gasteiger partial charge in [-0.25, -0.2) is 4.79 Å². The Balaban J connectivity index is 2.67. The molecule has 0 aromatic carbocycles. The first-order valence-corrected chi connectivity index (χ1v) is 6.27. The number of rotatable bonds is 2. The lowest BCUT2D eigenvalue weighted by Crippen LogP contribution is -2.25. The summed E-state index contributed by atoms with van der Waals surface area (Å²) < 4.78 is 5.20. The Labute approximate surface area is 103 Å². The maximum atomic E-state index is 11.8. The Morgan fingerprint density at radius 3 is 2.35 bits per heavy atom. The first-order valence-electron chi connectivity index (χ1n) is 6.27. The van der Waals surface area contributed by atoms with E-state index in [1.807, 2.05) is 6.07 Å². The zero-order valence-electron chi connectivity index (χ0n) is 11.0. The van der Waals surface area contributed by atoms with Crippen LogP contribution in [0.2, 0.25) is 0 Å². The van der Waals surface area contributed by atoms with Crippen LogP contribution in [0.25, 0.3) is 0 Å². The lowest BCUT2D eigenvalue weighted by molar-refractivity contribution is -0.149. The summed E-state index contributed by atoms with van der Waals surface area (Å²) in [5, 5.41) is 9.00. The summed E-state index contributed by atoms with van der Waals surface area (Å²) in [6.07, 6.45) is 7.59. The molecule has 94 valence electrons. The van der Waals surface area contributed by atoms with E-state index in [0.717, 1.165) is 12.8 Å². The summed E-state index contributed by atoms with van der Waals surface area (Å²) >= 11 is 0. The standard InChI is InChI=1S/C14H21NO2/c1-14(2,3)17-13(16)12(10-15)9-11-7-5-4-6-8-11/h9,11H,4-8H2,1-3H3/b12-9-. The SMILES string of the molecule is CC(C)(C)OC(=O)/C(C#N)=C\C1CCCCC1. The second-order valence-corrected chi connectivity index (χ2v) is 5.59. The summed E-state index contributed by atoms with van der Waals surface area (Å²) in [4.78, 5) is 11.8. The van der Waals surface area contributed by atoms with Gasteiger partial charge in [-0.2, -0.15) is 5.26 Å². The largest absolute Gasteiger partial charge is 0.456 e. The highest BCUT2D eigenvalue weighted by Crippen LogP contribution is 2.26. The molecule has 0 unspecified atom stereocenters. The smallest absolute Gasteiger partial charge is 0.349 e. The second kappa shape index (κ2) is 5.86. The van der Waals surface area contributed by atoms with E-state index in [4.69, 9.17) is 10.00 Å². The molecule has 0 aromatic heterocycles. The van der Waals surface area contributed by atoms with Gasteiger partial charge in [-0.1, -0.05) is 25.3 Å². The average Bonchev–Trinajstić information content (AvgIpc) is 2.24. The third-order valence-electron chi connectivity index (χ3n) is 2.79. The molecule has 1 rings (SSSR count). The minimum absolute atomic E-state index is 0.159. The number of hydrogen-bond acceptors (Lipinski definition) is 3. The van der Waals surface area contributed by atoms with Crippen molar-refractivity contribution >= 4 is 5.97 Å². The number of nitriles is 1. The van der Waals surface area contributed by atoms with E-state index in [9.17, 15) is 4.79 Å². The van der Waals surface area contributed by atoms with Crippen LogP contribution < -0.4 is 0 Å². The van der Waals surface area contributed by atoms with Crippen LogP contribution in [-0.2, 0) is 9.53 Å². The molecule has 3 nitrogen and oxygen atoms in total. The highest BCUT2D eigenvalue weighted by molar-refractivity contribution is 5.93. The van der Waals surface area contributed by atoms with Crippen molar-refractivity contribution in [3.05, 3.63) is 11.6 Å². The van der Waals surface area contributed by atoms with Gasteiger partial charge in [0.1, 0.15) is 17.2 Å². The van der Waals surface area contributed by atoms with Gasteiger partial charge in [-0.3, -0.25) is 0 Å². The molecule has 3 heteroatoms. The van der Waals surface area contributed by atoms with Gasteiger partial charge in [0.05, 0.1) is 0 Å². The van der Waals surface area contributed by atoms with Crippen LogP contribution in [0.15, 0.2) is 11.6 Å². The molecule has 0 aromatic rings. The zero-order valence-corrected chi connectivity index (χ0v) is 11.0. The van der Waals surface area contributed by atoms with E-state index in [-0.39, 0.29) is 5.57 Å². The van der Waals surface area contributed by atoms with Crippen molar-refractivity contribution in [2.45, 2.75) is 58.5 Å². The third-order valence-corrected chi connectivity index (χ3v) is 2.79. The molecule has 0 atom stereocenters. The van der Waals surface area contributed by atoms with Crippen molar-refractivity contribution in [1.82, 2.24) is 0 Å². The van der Waals surface area contributed by atoms with Crippen LogP contribution in [0.1, 0.15) is 52.9 Å². The lowest BCUT2D eigenvalue weighted by Gasteiger charge is -2.21. The van der Waals surface area contributed by atoms with Crippen molar-refractivity contribution in [2.24, 2.45) is 5.92 Å². The number of nitrogens with zero attached hydrogens (tertiary/aromatic N) is 1. The summed E-state index contributed by atoms with van der Waals surface area (Å²) in [5.74, 6) is -0.128. The molecule has 0 saturated heterocycles. The fraction of sp³-hybridized carbons (Fsp3) is 0.714. The van der Waals surface area contributed by atoms with E-state index < -0.39 is 11.6 Å². The number of carbonyl (C=O) groups excluding carboxylic acids is 1. The molecule has 0 amide bonds. The quantitative estimate of drug-likeness (QED) is 0.419. The molecule has 0 aliphatic heterocycles. The Hall–Kier alpha value is -1.30. The van der Waals surface area contributed by atoms with E-state index in [0.29, 0.717) is 5.92 Å². The first-order chi connectivity index (χ1) is 7.92. The van der Waals surface area contributed by atoms with Crippen molar-refractivity contribution in [2.75, 3.05) is 0 Å². The summed E-state index contributed by atoms with van der Waals surface area (Å²) in [6, 6.07) is 1.96. The topological polar surface area (TPSA) is 50.1 Å². The molecule has 17 heavy (non-hydrogen) atoms. The van der Waals surface area contributed by atoms with Crippen LogP contribution in [-0.4, -0.2) is 11.6 Å². The molecule has 0 radical (unpaired) electrons. The molecular formula is C14H21NO2. The van der Waals surface area contributed by atoms with Crippen LogP contribution in [0.4, 0.5) is 0 Å². The highest BCUT2D eigenvalue weighted by Gasteiger charge is 2.21. The monoisotopic (exact) mass is 235 g/mol. The van der Waals surface area contributed by atoms with Gasteiger partial charge in [0.2, 0.25) is 0 Å². The highest BCUT2D eigenvalue weighted by atomic mass is 16.6. The molecule has 1 aliphatic carbocycles.